The Balaban J connectivity index is 1.89. The van der Waals surface area contributed by atoms with Crippen molar-refractivity contribution in [3.05, 3.63) is 70.3 Å². The fraction of sp³-hybridized carbons (Fsp3) is 0.105. The third-order valence-electron chi connectivity index (χ3n) is 4.35. The number of hydrogen-bond acceptors (Lipinski definition) is 4. The van der Waals surface area contributed by atoms with E-state index in [2.05, 4.69) is 0 Å². The molecule has 112 valence electrons. The Hall–Kier alpha value is -3.01. The number of hydrogen-bond donors (Lipinski definition) is 0. The largest absolute Gasteiger partial charge is 0.488 e. The first-order valence-corrected chi connectivity index (χ1v) is 7.46. The van der Waals surface area contributed by atoms with E-state index in [1.807, 2.05) is 48.5 Å². The van der Waals surface area contributed by atoms with Crippen molar-refractivity contribution in [2.45, 2.75) is 13.2 Å². The molecule has 5 rings (SSSR count). The van der Waals surface area contributed by atoms with Crippen molar-refractivity contribution < 1.29 is 13.9 Å². The van der Waals surface area contributed by atoms with Gasteiger partial charge in [-0.3, -0.25) is 0 Å². The summed E-state index contributed by atoms with van der Waals surface area (Å²) in [6.07, 6.45) is 0. The fourth-order valence-electron chi connectivity index (χ4n) is 3.35. The van der Waals surface area contributed by atoms with Crippen molar-refractivity contribution in [3.63, 3.8) is 0 Å². The van der Waals surface area contributed by atoms with Crippen LogP contribution in [0.5, 0.6) is 11.5 Å². The zero-order chi connectivity index (χ0) is 15.4. The van der Waals surface area contributed by atoms with Crippen LogP contribution in [0.25, 0.3) is 22.3 Å². The number of benzene rings is 2. The summed E-state index contributed by atoms with van der Waals surface area (Å²) < 4.78 is 17.1. The molecule has 4 nitrogen and oxygen atoms in total. The minimum Gasteiger partial charge on any atom is -0.488 e. The van der Waals surface area contributed by atoms with Crippen molar-refractivity contribution in [1.29, 1.82) is 0 Å². The average Bonchev–Trinajstić information content (AvgIpc) is 2.61. The molecule has 1 aromatic heterocycles. The molecule has 0 amide bonds. The Morgan fingerprint density at radius 2 is 1.35 bits per heavy atom. The molecule has 23 heavy (non-hydrogen) atoms. The Bertz CT molecular complexity index is 1000. The Labute approximate surface area is 131 Å². The highest BCUT2D eigenvalue weighted by molar-refractivity contribution is 5.84. The molecule has 0 atom stereocenters. The summed E-state index contributed by atoms with van der Waals surface area (Å²) >= 11 is 0. The monoisotopic (exact) mass is 304 g/mol. The Morgan fingerprint density at radius 1 is 0.739 bits per heavy atom. The predicted octanol–water partition coefficient (Wildman–Crippen LogP) is 3.76. The van der Waals surface area contributed by atoms with Gasteiger partial charge in [-0.2, -0.15) is 0 Å². The lowest BCUT2D eigenvalue weighted by Crippen LogP contribution is -2.20. The molecule has 2 aliphatic heterocycles. The maximum atomic E-state index is 12.5. The van der Waals surface area contributed by atoms with Crippen LogP contribution in [0, 0.1) is 0 Å². The molecule has 0 radical (unpaired) electrons. The molecule has 3 heterocycles. The second kappa shape index (κ2) is 4.49. The summed E-state index contributed by atoms with van der Waals surface area (Å²) in [5, 5.41) is 0. The van der Waals surface area contributed by atoms with Crippen LogP contribution in [-0.2, 0) is 13.2 Å². The van der Waals surface area contributed by atoms with Gasteiger partial charge in [0.15, 0.2) is 5.76 Å². The van der Waals surface area contributed by atoms with Gasteiger partial charge in [0.25, 0.3) is 0 Å². The van der Waals surface area contributed by atoms with Crippen LogP contribution in [0.1, 0.15) is 11.3 Å². The first-order valence-electron chi connectivity index (χ1n) is 7.46. The molecule has 4 heteroatoms. The molecule has 0 saturated heterocycles. The molecule has 2 aliphatic rings. The topological polar surface area (TPSA) is 48.7 Å². The van der Waals surface area contributed by atoms with Gasteiger partial charge in [-0.05, 0) is 12.1 Å². The highest BCUT2D eigenvalue weighted by Gasteiger charge is 2.30. The SMILES string of the molecule is O=c1oc2c(c3c1-c1ccccc1OC3)-c1ccccc1OC2. The summed E-state index contributed by atoms with van der Waals surface area (Å²) in [4.78, 5) is 12.5. The van der Waals surface area contributed by atoms with Crippen LogP contribution in [0.3, 0.4) is 0 Å². The van der Waals surface area contributed by atoms with E-state index in [0.29, 0.717) is 23.7 Å². The lowest BCUT2D eigenvalue weighted by molar-refractivity contribution is 0.252. The Kier molecular flexibility index (Phi) is 2.45. The van der Waals surface area contributed by atoms with Gasteiger partial charge in [-0.25, -0.2) is 4.79 Å². The standard InChI is InChI=1S/C19H12O4/c20-19-18-12-6-2-4-8-15(12)21-9-13(18)17-11-5-1-3-7-14(11)22-10-16(17)23-19/h1-8H,9-10H2. The number of rotatable bonds is 0. The minimum atomic E-state index is -0.336. The maximum absolute atomic E-state index is 12.5. The van der Waals surface area contributed by atoms with Gasteiger partial charge in [0.05, 0.1) is 5.56 Å². The van der Waals surface area contributed by atoms with Gasteiger partial charge in [0.2, 0.25) is 0 Å². The molecule has 2 aromatic carbocycles. The van der Waals surface area contributed by atoms with E-state index in [4.69, 9.17) is 13.9 Å². The van der Waals surface area contributed by atoms with Gasteiger partial charge >= 0.3 is 5.63 Å². The van der Waals surface area contributed by atoms with E-state index in [-0.39, 0.29) is 12.2 Å². The number of para-hydroxylation sites is 2. The molecule has 0 saturated carbocycles. The lowest BCUT2D eigenvalue weighted by Gasteiger charge is -2.26. The zero-order valence-electron chi connectivity index (χ0n) is 12.2. The zero-order valence-corrected chi connectivity index (χ0v) is 12.2. The quantitative estimate of drug-likeness (QED) is 0.634. The third-order valence-corrected chi connectivity index (χ3v) is 4.35. The summed E-state index contributed by atoms with van der Waals surface area (Å²) in [7, 11) is 0. The van der Waals surface area contributed by atoms with Crippen LogP contribution in [0.4, 0.5) is 0 Å². The molecule has 0 fully saturated rings. The molecule has 0 spiro atoms. The number of ether oxygens (including phenoxy) is 2. The molecule has 3 aromatic rings. The van der Waals surface area contributed by atoms with Gasteiger partial charge in [-0.15, -0.1) is 0 Å². The Morgan fingerprint density at radius 3 is 2.09 bits per heavy atom. The fourth-order valence-corrected chi connectivity index (χ4v) is 3.35. The second-order valence-corrected chi connectivity index (χ2v) is 5.61. The van der Waals surface area contributed by atoms with Crippen LogP contribution in [0.2, 0.25) is 0 Å². The van der Waals surface area contributed by atoms with Gasteiger partial charge < -0.3 is 13.9 Å². The first kappa shape index (κ1) is 12.5. The highest BCUT2D eigenvalue weighted by Crippen LogP contribution is 2.45. The van der Waals surface area contributed by atoms with Crippen molar-refractivity contribution in [2.75, 3.05) is 0 Å². The van der Waals surface area contributed by atoms with Gasteiger partial charge in [-0.1, -0.05) is 36.4 Å². The van der Waals surface area contributed by atoms with E-state index in [1.165, 1.54) is 0 Å². The van der Waals surface area contributed by atoms with E-state index < -0.39 is 0 Å². The summed E-state index contributed by atoms with van der Waals surface area (Å²) in [6, 6.07) is 15.3. The van der Waals surface area contributed by atoms with Gasteiger partial charge in [0.1, 0.15) is 24.7 Å². The summed E-state index contributed by atoms with van der Waals surface area (Å²) in [5.41, 5.74) is 3.80. The second-order valence-electron chi connectivity index (χ2n) is 5.61. The first-order chi connectivity index (χ1) is 11.3. The summed E-state index contributed by atoms with van der Waals surface area (Å²) in [6.45, 7) is 0.616. The molecule has 0 bridgehead atoms. The molecule has 0 aliphatic carbocycles. The molecule has 0 N–H and O–H groups in total. The minimum absolute atomic E-state index is 0.260. The molecule has 0 unspecified atom stereocenters. The average molecular weight is 304 g/mol. The maximum Gasteiger partial charge on any atom is 0.344 e. The van der Waals surface area contributed by atoms with Gasteiger partial charge in [0, 0.05) is 22.3 Å². The van der Waals surface area contributed by atoms with Crippen LogP contribution < -0.4 is 15.1 Å². The highest BCUT2D eigenvalue weighted by atomic mass is 16.5. The smallest absolute Gasteiger partial charge is 0.344 e. The van der Waals surface area contributed by atoms with Crippen LogP contribution >= 0.6 is 0 Å². The third kappa shape index (κ3) is 1.69. The van der Waals surface area contributed by atoms with Crippen molar-refractivity contribution in [3.8, 4) is 33.8 Å². The van der Waals surface area contributed by atoms with Crippen LogP contribution in [-0.4, -0.2) is 0 Å². The van der Waals surface area contributed by atoms with Crippen LogP contribution in [0.15, 0.2) is 57.7 Å². The summed E-state index contributed by atoms with van der Waals surface area (Å²) in [5.74, 6) is 2.08. The van der Waals surface area contributed by atoms with Crippen molar-refractivity contribution in [1.82, 2.24) is 0 Å². The van der Waals surface area contributed by atoms with E-state index in [1.54, 1.807) is 0 Å². The van der Waals surface area contributed by atoms with Crippen molar-refractivity contribution in [2.24, 2.45) is 0 Å². The normalized spacial score (nSPS) is 13.7. The van der Waals surface area contributed by atoms with E-state index in [0.717, 1.165) is 28.0 Å². The van der Waals surface area contributed by atoms with E-state index >= 15 is 0 Å². The van der Waals surface area contributed by atoms with E-state index in [9.17, 15) is 4.79 Å². The number of fused-ring (bicyclic) bond motifs is 7. The molecular weight excluding hydrogens is 292 g/mol. The lowest BCUT2D eigenvalue weighted by atomic mass is 9.90. The predicted molar refractivity (Wildman–Crippen MR) is 84.5 cm³/mol. The molecular formula is C19H12O4. The van der Waals surface area contributed by atoms with Crippen molar-refractivity contribution >= 4 is 0 Å².